The summed E-state index contributed by atoms with van der Waals surface area (Å²) in [6, 6.07) is 10.3. The SMILES string of the molecule is CCOC(=O)c1sc(-c2cnc(Nc3ccc(F)c(Cl)c3)nc2NCCCOC)nc1-c1ccn(C)n1.COCCCNc1nc(Nc2ccc(F)c(Cl)c2)ncc1C(N)=S. The van der Waals surface area contributed by atoms with Gasteiger partial charge in [0.15, 0.2) is 0 Å². The van der Waals surface area contributed by atoms with E-state index in [-0.39, 0.29) is 27.6 Å². The van der Waals surface area contributed by atoms with E-state index in [1.54, 1.807) is 51.3 Å². The summed E-state index contributed by atoms with van der Waals surface area (Å²) >= 11 is 17.8. The van der Waals surface area contributed by atoms with Crippen LogP contribution in [0.15, 0.2) is 61.1 Å². The van der Waals surface area contributed by atoms with Crippen LogP contribution in [0, 0.1) is 11.6 Å². The van der Waals surface area contributed by atoms with Crippen LogP contribution in [-0.2, 0) is 21.3 Å². The van der Waals surface area contributed by atoms with Crippen molar-refractivity contribution >= 4 is 92.6 Å². The quantitative estimate of drug-likeness (QED) is 0.0295. The van der Waals surface area contributed by atoms with Gasteiger partial charge in [-0.15, -0.1) is 11.3 Å². The van der Waals surface area contributed by atoms with Crippen molar-refractivity contribution in [3.8, 4) is 22.0 Å². The molecule has 16 nitrogen and oxygen atoms in total. The highest BCUT2D eigenvalue weighted by Gasteiger charge is 2.25. The minimum Gasteiger partial charge on any atom is -0.462 e. The van der Waals surface area contributed by atoms with E-state index < -0.39 is 17.6 Å². The van der Waals surface area contributed by atoms with Gasteiger partial charge >= 0.3 is 5.97 Å². The largest absolute Gasteiger partial charge is 0.462 e. The van der Waals surface area contributed by atoms with Gasteiger partial charge in [0.25, 0.3) is 0 Å². The van der Waals surface area contributed by atoms with Gasteiger partial charge in [0.05, 0.1) is 27.8 Å². The first-order chi connectivity index (χ1) is 29.4. The number of aryl methyl sites for hydroxylation is 1. The third-order valence-corrected chi connectivity index (χ3v) is 9.97. The number of hydrogen-bond donors (Lipinski definition) is 5. The standard InChI is InChI=1S/C24H25ClFN7O3S.C15H17ClFN5OS/c1-4-36-23(34)20-19(18-8-10-33(2)32-18)30-22(37-20)15-13-28-24(31-21(15)27-9-5-11-35-3)29-14-6-7-17(26)16(25)12-14;1-23-6-2-5-19-14-10(13(18)24)8-20-15(22-14)21-9-3-4-12(17)11(16)7-9/h6-8,10,12-13H,4-5,9,11H2,1-3H3,(H2,27,28,29,31);3-4,7-8H,2,5-6H2,1H3,(H2,18,24)(H2,19,20,21,22). The first-order valence-electron chi connectivity index (χ1n) is 18.5. The number of thiazole rings is 1. The van der Waals surface area contributed by atoms with Gasteiger partial charge in [-0.25, -0.2) is 28.5 Å². The van der Waals surface area contributed by atoms with Crippen LogP contribution in [0.2, 0.25) is 10.0 Å². The number of hydrogen-bond acceptors (Lipinski definition) is 16. The molecule has 0 bridgehead atoms. The number of aromatic nitrogens is 7. The molecule has 4 heterocycles. The number of rotatable bonds is 19. The number of nitrogens with one attached hydrogen (secondary N) is 4. The molecule has 0 atom stereocenters. The topological polar surface area (TPSA) is 201 Å². The van der Waals surface area contributed by atoms with Crippen molar-refractivity contribution < 1.29 is 27.8 Å². The van der Waals surface area contributed by atoms with Gasteiger partial charge < -0.3 is 41.2 Å². The van der Waals surface area contributed by atoms with Gasteiger partial charge in [0.1, 0.15) is 49.5 Å². The summed E-state index contributed by atoms with van der Waals surface area (Å²) in [7, 11) is 5.06. The molecule has 2 aromatic carbocycles. The molecular weight excluding hydrogens is 874 g/mol. The van der Waals surface area contributed by atoms with Crippen LogP contribution < -0.4 is 27.0 Å². The molecule has 0 unspecified atom stereocenters. The fraction of sp³-hybridized carbons (Fsp3) is 0.282. The van der Waals surface area contributed by atoms with Crippen molar-refractivity contribution in [2.75, 3.05) is 68.4 Å². The fourth-order valence-corrected chi connectivity index (χ4v) is 6.72. The lowest BCUT2D eigenvalue weighted by molar-refractivity contribution is 0.0532. The van der Waals surface area contributed by atoms with E-state index in [2.05, 4.69) is 46.3 Å². The summed E-state index contributed by atoms with van der Waals surface area (Å²) in [4.78, 5) is 35.5. The van der Waals surface area contributed by atoms with Gasteiger partial charge in [-0.2, -0.15) is 15.1 Å². The van der Waals surface area contributed by atoms with Crippen LogP contribution in [-0.4, -0.2) is 92.8 Å². The van der Waals surface area contributed by atoms with Crippen molar-refractivity contribution in [1.82, 2.24) is 34.7 Å². The van der Waals surface area contributed by atoms with E-state index in [9.17, 15) is 13.6 Å². The zero-order chi connectivity index (χ0) is 43.9. The molecule has 0 aliphatic heterocycles. The number of halogens is 4. The van der Waals surface area contributed by atoms with E-state index in [4.69, 9.17) is 60.3 Å². The Kier molecular flexibility index (Phi) is 17.4. The average molecular weight is 916 g/mol. The molecule has 0 aliphatic carbocycles. The van der Waals surface area contributed by atoms with E-state index in [0.29, 0.717) is 87.7 Å². The van der Waals surface area contributed by atoms with Gasteiger partial charge in [0.2, 0.25) is 11.9 Å². The summed E-state index contributed by atoms with van der Waals surface area (Å²) in [5.74, 6) is 0.109. The molecular formula is C39H42Cl2F2N12O4S2. The van der Waals surface area contributed by atoms with Crippen LogP contribution >= 0.6 is 46.8 Å². The van der Waals surface area contributed by atoms with E-state index in [0.717, 1.165) is 12.8 Å². The number of carbonyl (C=O) groups is 1. The van der Waals surface area contributed by atoms with Crippen LogP contribution in [0.5, 0.6) is 0 Å². The molecule has 6 N–H and O–H groups in total. The molecule has 0 radical (unpaired) electrons. The summed E-state index contributed by atoms with van der Waals surface area (Å²) < 4.78 is 43.8. The lowest BCUT2D eigenvalue weighted by Gasteiger charge is -2.12. The van der Waals surface area contributed by atoms with Crippen LogP contribution in [0.25, 0.3) is 22.0 Å². The third kappa shape index (κ3) is 13.2. The molecule has 0 saturated carbocycles. The average Bonchev–Trinajstić information content (AvgIpc) is 3.88. The summed E-state index contributed by atoms with van der Waals surface area (Å²) in [5.41, 5.74) is 8.90. The molecule has 0 aliphatic rings. The smallest absolute Gasteiger partial charge is 0.350 e. The molecule has 61 heavy (non-hydrogen) atoms. The minimum atomic E-state index is -0.520. The molecule has 322 valence electrons. The minimum absolute atomic E-state index is 0.0117. The fourth-order valence-electron chi connectivity index (χ4n) is 5.23. The number of ether oxygens (including phenoxy) is 3. The molecule has 0 saturated heterocycles. The number of methoxy groups -OCH3 is 2. The molecule has 0 amide bonds. The Bertz CT molecular complexity index is 2440. The van der Waals surface area contributed by atoms with E-state index in [1.165, 1.54) is 53.9 Å². The number of carbonyl (C=O) groups excluding carboxylic acids is 1. The second-order valence-electron chi connectivity index (χ2n) is 12.6. The zero-order valence-corrected chi connectivity index (χ0v) is 36.5. The molecule has 6 rings (SSSR count). The van der Waals surface area contributed by atoms with Gasteiger partial charge in [0, 0.05) is 77.5 Å². The maximum Gasteiger partial charge on any atom is 0.350 e. The Morgan fingerprint density at radius 2 is 1.44 bits per heavy atom. The van der Waals surface area contributed by atoms with Crippen molar-refractivity contribution in [2.24, 2.45) is 12.8 Å². The number of nitrogens with zero attached hydrogens (tertiary/aromatic N) is 7. The Morgan fingerprint density at radius 3 is 1.97 bits per heavy atom. The Morgan fingerprint density at radius 1 is 0.869 bits per heavy atom. The molecule has 6 aromatic rings. The molecule has 0 fully saturated rings. The number of esters is 1. The first kappa shape index (κ1) is 46.4. The first-order valence-corrected chi connectivity index (χ1v) is 20.5. The predicted molar refractivity (Wildman–Crippen MR) is 239 cm³/mol. The lowest BCUT2D eigenvalue weighted by atomic mass is 10.2. The second kappa shape index (κ2) is 22.8. The third-order valence-electron chi connectivity index (χ3n) is 8.10. The Balaban J connectivity index is 0.000000254. The monoisotopic (exact) mass is 914 g/mol. The number of thiocarbonyl (C=S) groups is 1. The number of nitrogens with two attached hydrogens (primary N) is 1. The summed E-state index contributed by atoms with van der Waals surface area (Å²) in [5, 5.41) is 17.4. The van der Waals surface area contributed by atoms with Gasteiger partial charge in [-0.05, 0) is 62.2 Å². The van der Waals surface area contributed by atoms with Crippen molar-refractivity contribution in [3.63, 3.8) is 0 Å². The molecule has 4 aromatic heterocycles. The maximum absolute atomic E-state index is 13.6. The number of anilines is 6. The maximum atomic E-state index is 13.6. The Hall–Kier alpha value is -5.64. The molecule has 0 spiro atoms. The normalized spacial score (nSPS) is 10.8. The zero-order valence-electron chi connectivity index (χ0n) is 33.4. The second-order valence-corrected chi connectivity index (χ2v) is 14.9. The highest BCUT2D eigenvalue weighted by Crippen LogP contribution is 2.37. The van der Waals surface area contributed by atoms with Crippen molar-refractivity contribution in [1.29, 1.82) is 0 Å². The number of benzene rings is 2. The van der Waals surface area contributed by atoms with E-state index in [1.807, 2.05) is 0 Å². The van der Waals surface area contributed by atoms with Crippen LogP contribution in [0.3, 0.4) is 0 Å². The predicted octanol–water partition coefficient (Wildman–Crippen LogP) is 8.26. The lowest BCUT2D eigenvalue weighted by Crippen LogP contribution is -2.17. The van der Waals surface area contributed by atoms with Crippen molar-refractivity contribution in [2.45, 2.75) is 19.8 Å². The van der Waals surface area contributed by atoms with Crippen molar-refractivity contribution in [3.05, 3.63) is 93.2 Å². The highest BCUT2D eigenvalue weighted by molar-refractivity contribution is 7.80. The van der Waals surface area contributed by atoms with Gasteiger partial charge in [-0.1, -0.05) is 35.4 Å². The van der Waals surface area contributed by atoms with Gasteiger partial charge in [-0.3, -0.25) is 4.68 Å². The highest BCUT2D eigenvalue weighted by atomic mass is 35.5. The summed E-state index contributed by atoms with van der Waals surface area (Å²) in [6.45, 7) is 4.39. The van der Waals surface area contributed by atoms with Crippen LogP contribution in [0.4, 0.5) is 43.7 Å². The van der Waals surface area contributed by atoms with Crippen LogP contribution in [0.1, 0.15) is 35.0 Å². The Labute approximate surface area is 369 Å². The van der Waals surface area contributed by atoms with E-state index >= 15 is 0 Å². The molecule has 22 heteroatoms. The summed E-state index contributed by atoms with van der Waals surface area (Å²) in [6.07, 6.45) is 6.45.